The summed E-state index contributed by atoms with van der Waals surface area (Å²) >= 11 is 0. The number of benzene rings is 1. The van der Waals surface area contributed by atoms with E-state index >= 15 is 0 Å². The van der Waals surface area contributed by atoms with Crippen LogP contribution in [-0.2, 0) is 22.4 Å². The molecule has 2 aliphatic rings. The average molecular weight is 345 g/mol. The van der Waals surface area contributed by atoms with Crippen LogP contribution in [0.4, 0.5) is 0 Å². The summed E-state index contributed by atoms with van der Waals surface area (Å²) in [5.74, 6) is -0.832. The number of hydrogen-bond donors (Lipinski definition) is 1. The molecular formula is C20H27NO4. The Morgan fingerprint density at radius 2 is 2.04 bits per heavy atom. The van der Waals surface area contributed by atoms with Crippen molar-refractivity contribution in [3.8, 4) is 0 Å². The summed E-state index contributed by atoms with van der Waals surface area (Å²) in [4.78, 5) is 26.6. The molecule has 1 aromatic carbocycles. The zero-order valence-electron chi connectivity index (χ0n) is 14.9. The Hall–Kier alpha value is -1.88. The van der Waals surface area contributed by atoms with Crippen LogP contribution in [0.25, 0.3) is 0 Å². The molecule has 1 fully saturated rings. The molecule has 1 atom stereocenters. The molecule has 0 unspecified atom stereocenters. The van der Waals surface area contributed by atoms with Gasteiger partial charge in [0.05, 0.1) is 5.41 Å². The van der Waals surface area contributed by atoms with Crippen LogP contribution in [0.2, 0.25) is 0 Å². The Labute approximate surface area is 149 Å². The minimum absolute atomic E-state index is 0.0354. The molecule has 0 radical (unpaired) electrons. The molecule has 1 aliphatic heterocycles. The molecule has 0 saturated carbocycles. The number of carboxylic acids is 1. The zero-order chi connectivity index (χ0) is 17.9. The molecule has 0 spiro atoms. The third kappa shape index (κ3) is 3.71. The number of hydrogen-bond acceptors (Lipinski definition) is 3. The van der Waals surface area contributed by atoms with Gasteiger partial charge in [-0.25, -0.2) is 0 Å². The van der Waals surface area contributed by atoms with Crippen molar-refractivity contribution in [1.29, 1.82) is 0 Å². The van der Waals surface area contributed by atoms with Crippen molar-refractivity contribution >= 4 is 11.9 Å². The number of aliphatic carboxylic acids is 1. The van der Waals surface area contributed by atoms with E-state index in [1.807, 2.05) is 12.1 Å². The van der Waals surface area contributed by atoms with E-state index < -0.39 is 11.4 Å². The Kier molecular flexibility index (Phi) is 5.42. The molecular weight excluding hydrogens is 318 g/mol. The minimum Gasteiger partial charge on any atom is -0.481 e. The van der Waals surface area contributed by atoms with Crippen LogP contribution >= 0.6 is 0 Å². The van der Waals surface area contributed by atoms with Crippen LogP contribution < -0.4 is 0 Å². The molecule has 136 valence electrons. The van der Waals surface area contributed by atoms with Gasteiger partial charge >= 0.3 is 5.97 Å². The molecule has 1 aliphatic carbocycles. The van der Waals surface area contributed by atoms with Gasteiger partial charge in [-0.3, -0.25) is 9.59 Å². The topological polar surface area (TPSA) is 66.8 Å². The third-order valence-corrected chi connectivity index (χ3v) is 5.67. The molecule has 5 heteroatoms. The lowest BCUT2D eigenvalue weighted by Gasteiger charge is -2.40. The fourth-order valence-electron chi connectivity index (χ4n) is 4.23. The lowest BCUT2D eigenvalue weighted by Crippen LogP contribution is -2.50. The lowest BCUT2D eigenvalue weighted by molar-refractivity contribution is -0.152. The first-order valence-corrected chi connectivity index (χ1v) is 9.19. The number of likely N-dealkylation sites (tertiary alicyclic amines) is 1. The van der Waals surface area contributed by atoms with Gasteiger partial charge in [-0.15, -0.1) is 0 Å². The summed E-state index contributed by atoms with van der Waals surface area (Å²) in [6, 6.07) is 5.96. The number of amides is 1. The van der Waals surface area contributed by atoms with Gasteiger partial charge in [0.15, 0.2) is 0 Å². The number of ether oxygens (including phenoxy) is 1. The molecule has 0 aromatic heterocycles. The standard InChI is InChI=1S/C20H27NO4/c1-25-12-4-10-20(19(23)24)9-3-11-21(14-20)18(22)17-8-7-15-5-2-6-16(15)13-17/h7-8,13H,2-6,9-12,14H2,1H3,(H,23,24)/t20-/m0/s1. The van der Waals surface area contributed by atoms with Crippen LogP contribution in [-0.4, -0.2) is 48.7 Å². The van der Waals surface area contributed by atoms with E-state index in [1.54, 1.807) is 12.0 Å². The summed E-state index contributed by atoms with van der Waals surface area (Å²) in [5, 5.41) is 9.81. The van der Waals surface area contributed by atoms with Crippen LogP contribution in [0.3, 0.4) is 0 Å². The first-order chi connectivity index (χ1) is 12.1. The highest BCUT2D eigenvalue weighted by atomic mass is 16.5. The van der Waals surface area contributed by atoms with Gasteiger partial charge in [0.2, 0.25) is 0 Å². The Bertz CT molecular complexity index is 657. The molecule has 1 saturated heterocycles. The van der Waals surface area contributed by atoms with Crippen molar-refractivity contribution in [3.05, 3.63) is 34.9 Å². The molecule has 1 aromatic rings. The maximum Gasteiger partial charge on any atom is 0.311 e. The SMILES string of the molecule is COCCC[C@@]1(C(=O)O)CCCN(C(=O)c2ccc3c(c2)CCC3)C1. The van der Waals surface area contributed by atoms with Crippen molar-refractivity contribution in [2.75, 3.05) is 26.8 Å². The number of carbonyl (C=O) groups is 2. The van der Waals surface area contributed by atoms with Crippen molar-refractivity contribution < 1.29 is 19.4 Å². The van der Waals surface area contributed by atoms with Crippen LogP contribution in [0.5, 0.6) is 0 Å². The van der Waals surface area contributed by atoms with Crippen molar-refractivity contribution in [1.82, 2.24) is 4.90 Å². The summed E-state index contributed by atoms with van der Waals surface area (Å²) < 4.78 is 5.07. The second kappa shape index (κ2) is 7.56. The third-order valence-electron chi connectivity index (χ3n) is 5.67. The highest BCUT2D eigenvalue weighted by Gasteiger charge is 2.43. The first-order valence-electron chi connectivity index (χ1n) is 9.19. The predicted molar refractivity (Wildman–Crippen MR) is 94.8 cm³/mol. The van der Waals surface area contributed by atoms with E-state index in [9.17, 15) is 14.7 Å². The highest BCUT2D eigenvalue weighted by molar-refractivity contribution is 5.95. The maximum atomic E-state index is 12.9. The van der Waals surface area contributed by atoms with Gasteiger partial charge in [0, 0.05) is 32.4 Å². The van der Waals surface area contributed by atoms with E-state index in [0.29, 0.717) is 44.5 Å². The number of carboxylic acid groups (broad SMARTS) is 1. The minimum atomic E-state index is -0.844. The molecule has 1 heterocycles. The number of piperidine rings is 1. The van der Waals surface area contributed by atoms with E-state index in [0.717, 1.165) is 25.7 Å². The monoisotopic (exact) mass is 345 g/mol. The van der Waals surface area contributed by atoms with Crippen LogP contribution in [0.15, 0.2) is 18.2 Å². The quantitative estimate of drug-likeness (QED) is 0.805. The van der Waals surface area contributed by atoms with E-state index in [1.165, 1.54) is 11.1 Å². The van der Waals surface area contributed by atoms with Gasteiger partial charge < -0.3 is 14.7 Å². The second-order valence-corrected chi connectivity index (χ2v) is 7.35. The van der Waals surface area contributed by atoms with Crippen molar-refractivity contribution in [2.45, 2.75) is 44.9 Å². The van der Waals surface area contributed by atoms with Crippen molar-refractivity contribution in [2.24, 2.45) is 5.41 Å². The second-order valence-electron chi connectivity index (χ2n) is 7.35. The Morgan fingerprint density at radius 3 is 2.80 bits per heavy atom. The number of aryl methyl sites for hydroxylation is 2. The molecule has 3 rings (SSSR count). The number of fused-ring (bicyclic) bond motifs is 1. The fraction of sp³-hybridized carbons (Fsp3) is 0.600. The highest BCUT2D eigenvalue weighted by Crippen LogP contribution is 2.36. The number of carbonyl (C=O) groups excluding carboxylic acids is 1. The van der Waals surface area contributed by atoms with E-state index in [2.05, 4.69) is 6.07 Å². The molecule has 0 bridgehead atoms. The maximum absolute atomic E-state index is 12.9. The Balaban J connectivity index is 1.75. The van der Waals surface area contributed by atoms with Gasteiger partial charge in [-0.2, -0.15) is 0 Å². The van der Waals surface area contributed by atoms with Gasteiger partial charge in [-0.05, 0) is 68.2 Å². The molecule has 1 amide bonds. The smallest absolute Gasteiger partial charge is 0.311 e. The summed E-state index contributed by atoms with van der Waals surface area (Å²) in [5.41, 5.74) is 2.46. The fourth-order valence-corrected chi connectivity index (χ4v) is 4.23. The van der Waals surface area contributed by atoms with E-state index in [-0.39, 0.29) is 5.91 Å². The Morgan fingerprint density at radius 1 is 1.24 bits per heavy atom. The van der Waals surface area contributed by atoms with Crippen LogP contribution in [0, 0.1) is 5.41 Å². The average Bonchev–Trinajstić information content (AvgIpc) is 3.09. The summed E-state index contributed by atoms with van der Waals surface area (Å²) in [7, 11) is 1.62. The number of nitrogens with zero attached hydrogens (tertiary/aromatic N) is 1. The molecule has 5 nitrogen and oxygen atoms in total. The van der Waals surface area contributed by atoms with E-state index in [4.69, 9.17) is 4.74 Å². The normalized spacial score (nSPS) is 22.7. The number of rotatable bonds is 6. The van der Waals surface area contributed by atoms with Gasteiger partial charge in [-0.1, -0.05) is 6.07 Å². The predicted octanol–water partition coefficient (Wildman–Crippen LogP) is 2.91. The van der Waals surface area contributed by atoms with Crippen LogP contribution in [0.1, 0.15) is 53.6 Å². The molecule has 25 heavy (non-hydrogen) atoms. The zero-order valence-corrected chi connectivity index (χ0v) is 14.9. The number of methoxy groups -OCH3 is 1. The largest absolute Gasteiger partial charge is 0.481 e. The van der Waals surface area contributed by atoms with Crippen molar-refractivity contribution in [3.63, 3.8) is 0 Å². The van der Waals surface area contributed by atoms with Gasteiger partial charge in [0.25, 0.3) is 5.91 Å². The molecule has 1 N–H and O–H groups in total. The lowest BCUT2D eigenvalue weighted by atomic mass is 9.76. The summed E-state index contributed by atoms with van der Waals surface area (Å²) in [6.45, 7) is 1.48. The summed E-state index contributed by atoms with van der Waals surface area (Å²) in [6.07, 6.45) is 5.88. The van der Waals surface area contributed by atoms with Gasteiger partial charge in [0.1, 0.15) is 0 Å². The first kappa shape index (κ1) is 17.9.